The molecule has 1 saturated carbocycles. The van der Waals surface area contributed by atoms with Crippen LogP contribution in [0.25, 0.3) is 0 Å². The second kappa shape index (κ2) is 4.63. The molecule has 3 nitrogen and oxygen atoms in total. The molecule has 0 unspecified atom stereocenters. The molecule has 3 N–H and O–H groups in total. The molecule has 0 heterocycles. The highest BCUT2D eigenvalue weighted by Gasteiger charge is 2.45. The lowest BCUT2D eigenvalue weighted by Gasteiger charge is -2.20. The van der Waals surface area contributed by atoms with Crippen molar-refractivity contribution in [2.45, 2.75) is 33.6 Å². The van der Waals surface area contributed by atoms with Crippen LogP contribution in [0.15, 0.2) is 18.2 Å². The minimum absolute atomic E-state index is 0.0527. The number of aryl methyl sites for hydroxylation is 1. The molecule has 2 rings (SSSR count). The molecule has 0 saturated heterocycles. The molecule has 1 amide bonds. The van der Waals surface area contributed by atoms with Gasteiger partial charge >= 0.3 is 0 Å². The Morgan fingerprint density at radius 1 is 1.44 bits per heavy atom. The molecule has 1 fully saturated rings. The molecule has 3 heteroatoms. The van der Waals surface area contributed by atoms with Crippen molar-refractivity contribution in [1.29, 1.82) is 0 Å². The first-order chi connectivity index (χ1) is 8.46. The average Bonchev–Trinajstić information content (AvgIpc) is 3.11. The lowest BCUT2D eigenvalue weighted by atomic mass is 9.92. The van der Waals surface area contributed by atoms with Gasteiger partial charge < -0.3 is 11.1 Å². The fraction of sp³-hybridized carbons (Fsp3) is 0.533. The van der Waals surface area contributed by atoms with E-state index >= 15 is 0 Å². The Bertz CT molecular complexity index is 462. The van der Waals surface area contributed by atoms with Crippen molar-refractivity contribution < 1.29 is 4.79 Å². The van der Waals surface area contributed by atoms with Gasteiger partial charge in [0.1, 0.15) is 0 Å². The summed E-state index contributed by atoms with van der Waals surface area (Å²) in [5, 5.41) is 3.03. The van der Waals surface area contributed by atoms with E-state index in [0.29, 0.717) is 22.6 Å². The van der Waals surface area contributed by atoms with Crippen molar-refractivity contribution in [3.63, 3.8) is 0 Å². The van der Waals surface area contributed by atoms with Crippen LogP contribution in [-0.2, 0) is 0 Å². The van der Waals surface area contributed by atoms with Crippen LogP contribution in [0.3, 0.4) is 0 Å². The number of rotatable bonds is 4. The van der Waals surface area contributed by atoms with Gasteiger partial charge in [0.2, 0.25) is 0 Å². The Hall–Kier alpha value is -1.51. The third kappa shape index (κ3) is 2.35. The summed E-state index contributed by atoms with van der Waals surface area (Å²) in [4.78, 5) is 12.1. The summed E-state index contributed by atoms with van der Waals surface area (Å²) < 4.78 is 0. The van der Waals surface area contributed by atoms with Crippen LogP contribution < -0.4 is 11.1 Å². The quantitative estimate of drug-likeness (QED) is 0.803. The number of para-hydroxylation sites is 1. The van der Waals surface area contributed by atoms with Crippen molar-refractivity contribution in [3.05, 3.63) is 29.3 Å². The first-order valence-electron chi connectivity index (χ1n) is 6.59. The van der Waals surface area contributed by atoms with Gasteiger partial charge in [-0.15, -0.1) is 0 Å². The highest BCUT2D eigenvalue weighted by molar-refractivity contribution is 5.99. The SMILES string of the molecule is Cc1cccc(C(=O)NCC2(C(C)C)CC2)c1N. The molecule has 98 valence electrons. The molecule has 1 aliphatic carbocycles. The van der Waals surface area contributed by atoms with E-state index < -0.39 is 0 Å². The number of anilines is 1. The van der Waals surface area contributed by atoms with Gasteiger partial charge in [0.25, 0.3) is 5.91 Å². The van der Waals surface area contributed by atoms with E-state index in [4.69, 9.17) is 5.73 Å². The van der Waals surface area contributed by atoms with E-state index in [-0.39, 0.29) is 5.91 Å². The molecule has 0 aromatic heterocycles. The number of nitrogen functional groups attached to an aromatic ring is 1. The zero-order valence-electron chi connectivity index (χ0n) is 11.4. The van der Waals surface area contributed by atoms with Crippen LogP contribution >= 0.6 is 0 Å². The molecule has 1 aromatic carbocycles. The highest BCUT2D eigenvalue weighted by atomic mass is 16.1. The predicted octanol–water partition coefficient (Wildman–Crippen LogP) is 2.74. The molecular formula is C15H22N2O. The monoisotopic (exact) mass is 246 g/mol. The van der Waals surface area contributed by atoms with Crippen molar-refractivity contribution >= 4 is 11.6 Å². The smallest absolute Gasteiger partial charge is 0.253 e. The molecule has 0 bridgehead atoms. The topological polar surface area (TPSA) is 55.1 Å². The number of hydrogen-bond donors (Lipinski definition) is 2. The average molecular weight is 246 g/mol. The van der Waals surface area contributed by atoms with Crippen molar-refractivity contribution in [3.8, 4) is 0 Å². The van der Waals surface area contributed by atoms with Gasteiger partial charge in [-0.25, -0.2) is 0 Å². The van der Waals surface area contributed by atoms with Crippen LogP contribution in [0.4, 0.5) is 5.69 Å². The summed E-state index contributed by atoms with van der Waals surface area (Å²) in [6.07, 6.45) is 2.43. The summed E-state index contributed by atoms with van der Waals surface area (Å²) in [7, 11) is 0. The molecule has 1 aliphatic rings. The van der Waals surface area contributed by atoms with E-state index in [2.05, 4.69) is 19.2 Å². The second-order valence-corrected chi connectivity index (χ2v) is 5.74. The minimum Gasteiger partial charge on any atom is -0.398 e. The molecule has 0 spiro atoms. The maximum atomic E-state index is 12.1. The van der Waals surface area contributed by atoms with Crippen LogP contribution in [0.5, 0.6) is 0 Å². The number of nitrogens with one attached hydrogen (secondary N) is 1. The second-order valence-electron chi connectivity index (χ2n) is 5.74. The van der Waals surface area contributed by atoms with Gasteiger partial charge in [0.15, 0.2) is 0 Å². The summed E-state index contributed by atoms with van der Waals surface area (Å²) in [6.45, 7) is 7.12. The predicted molar refractivity (Wildman–Crippen MR) is 74.4 cm³/mol. The third-order valence-electron chi connectivity index (χ3n) is 4.29. The standard InChI is InChI=1S/C15H22N2O/c1-10(2)15(7-8-15)9-17-14(18)12-6-4-5-11(3)13(12)16/h4-6,10H,7-9,16H2,1-3H3,(H,17,18). The molecule has 0 radical (unpaired) electrons. The van der Waals surface area contributed by atoms with Gasteiger partial charge in [-0.05, 0) is 42.7 Å². The van der Waals surface area contributed by atoms with E-state index in [1.807, 2.05) is 19.1 Å². The number of benzene rings is 1. The maximum absolute atomic E-state index is 12.1. The summed E-state index contributed by atoms with van der Waals surface area (Å²) in [5.74, 6) is 0.566. The first kappa shape index (κ1) is 12.9. The Kier molecular flexibility index (Phi) is 3.33. The highest BCUT2D eigenvalue weighted by Crippen LogP contribution is 2.51. The molecule has 0 aliphatic heterocycles. The van der Waals surface area contributed by atoms with Crippen molar-refractivity contribution in [2.75, 3.05) is 12.3 Å². The van der Waals surface area contributed by atoms with Gasteiger partial charge in [-0.2, -0.15) is 0 Å². The summed E-state index contributed by atoms with van der Waals surface area (Å²) >= 11 is 0. The Morgan fingerprint density at radius 2 is 2.11 bits per heavy atom. The number of hydrogen-bond acceptors (Lipinski definition) is 2. The van der Waals surface area contributed by atoms with E-state index in [9.17, 15) is 4.79 Å². The van der Waals surface area contributed by atoms with Gasteiger partial charge in [0, 0.05) is 12.2 Å². The molecule has 18 heavy (non-hydrogen) atoms. The zero-order chi connectivity index (χ0) is 13.3. The molecule has 0 atom stereocenters. The fourth-order valence-electron chi connectivity index (χ4n) is 2.35. The third-order valence-corrected chi connectivity index (χ3v) is 4.29. The first-order valence-corrected chi connectivity index (χ1v) is 6.59. The van der Waals surface area contributed by atoms with Crippen molar-refractivity contribution in [2.24, 2.45) is 11.3 Å². The maximum Gasteiger partial charge on any atom is 0.253 e. The van der Waals surface area contributed by atoms with Crippen LogP contribution in [0.2, 0.25) is 0 Å². The van der Waals surface area contributed by atoms with Crippen LogP contribution in [0, 0.1) is 18.3 Å². The Morgan fingerprint density at radius 3 is 2.67 bits per heavy atom. The van der Waals surface area contributed by atoms with Gasteiger partial charge in [-0.1, -0.05) is 26.0 Å². The van der Waals surface area contributed by atoms with Gasteiger partial charge in [-0.3, -0.25) is 4.79 Å². The van der Waals surface area contributed by atoms with Crippen LogP contribution in [0.1, 0.15) is 42.6 Å². The van der Waals surface area contributed by atoms with E-state index in [1.54, 1.807) is 6.07 Å². The lowest BCUT2D eigenvalue weighted by Crippen LogP contribution is -2.33. The lowest BCUT2D eigenvalue weighted by molar-refractivity contribution is 0.0940. The summed E-state index contributed by atoms with van der Waals surface area (Å²) in [6, 6.07) is 5.57. The number of carbonyl (C=O) groups is 1. The van der Waals surface area contributed by atoms with Crippen LogP contribution in [-0.4, -0.2) is 12.5 Å². The molecule has 1 aromatic rings. The van der Waals surface area contributed by atoms with E-state index in [1.165, 1.54) is 12.8 Å². The zero-order valence-corrected chi connectivity index (χ0v) is 11.4. The Labute approximate surface area is 109 Å². The number of carbonyl (C=O) groups excluding carboxylic acids is 1. The minimum atomic E-state index is -0.0527. The normalized spacial score (nSPS) is 16.7. The number of nitrogens with two attached hydrogens (primary N) is 1. The van der Waals surface area contributed by atoms with Crippen molar-refractivity contribution in [1.82, 2.24) is 5.32 Å². The number of amides is 1. The Balaban J connectivity index is 2.03. The fourth-order valence-corrected chi connectivity index (χ4v) is 2.35. The molecular weight excluding hydrogens is 224 g/mol. The largest absolute Gasteiger partial charge is 0.398 e. The van der Waals surface area contributed by atoms with E-state index in [0.717, 1.165) is 12.1 Å². The summed E-state index contributed by atoms with van der Waals surface area (Å²) in [5.41, 5.74) is 8.40. The van der Waals surface area contributed by atoms with Gasteiger partial charge in [0.05, 0.1) is 5.56 Å².